The third-order valence-electron chi connectivity index (χ3n) is 1.75. The summed E-state index contributed by atoms with van der Waals surface area (Å²) in [7, 11) is 0. The lowest BCUT2D eigenvalue weighted by Gasteiger charge is -2.06. The van der Waals surface area contributed by atoms with Gasteiger partial charge in [-0.3, -0.25) is 0 Å². The van der Waals surface area contributed by atoms with Crippen molar-refractivity contribution in [3.63, 3.8) is 0 Å². The molecule has 1 aliphatic heterocycles. The molecule has 0 aliphatic carbocycles. The molecular weight excluding hydrogens is 156 g/mol. The number of ether oxygens (including phenoxy) is 2. The Morgan fingerprint density at radius 1 is 1.50 bits per heavy atom. The van der Waals surface area contributed by atoms with Gasteiger partial charge in [0.05, 0.1) is 13.2 Å². The van der Waals surface area contributed by atoms with Crippen molar-refractivity contribution in [2.24, 2.45) is 0 Å². The standard InChI is InChI=1S/C9H16O3/c1-2-3-4-5-9-11-7-8(6-10)12-9/h3-4,8-10H,2,5-7H2,1H3/b4-3+. The second-order valence-electron chi connectivity index (χ2n) is 2.82. The maximum atomic E-state index is 8.73. The summed E-state index contributed by atoms with van der Waals surface area (Å²) in [5, 5.41) is 8.73. The molecule has 70 valence electrons. The Morgan fingerprint density at radius 3 is 2.92 bits per heavy atom. The van der Waals surface area contributed by atoms with Gasteiger partial charge in [-0.05, 0) is 6.42 Å². The lowest BCUT2D eigenvalue weighted by atomic mass is 10.3. The van der Waals surface area contributed by atoms with Gasteiger partial charge in [-0.1, -0.05) is 19.1 Å². The van der Waals surface area contributed by atoms with E-state index in [1.165, 1.54) is 0 Å². The lowest BCUT2D eigenvalue weighted by Crippen LogP contribution is -2.15. The number of hydrogen-bond donors (Lipinski definition) is 1. The summed E-state index contributed by atoms with van der Waals surface area (Å²) in [6.45, 7) is 2.65. The summed E-state index contributed by atoms with van der Waals surface area (Å²) in [5.41, 5.74) is 0. The van der Waals surface area contributed by atoms with Gasteiger partial charge in [0.25, 0.3) is 0 Å². The molecule has 2 atom stereocenters. The molecule has 3 nitrogen and oxygen atoms in total. The fourth-order valence-electron chi connectivity index (χ4n) is 1.10. The van der Waals surface area contributed by atoms with Crippen LogP contribution in [0.15, 0.2) is 12.2 Å². The number of aliphatic hydroxyl groups excluding tert-OH is 1. The SMILES string of the molecule is CC/C=C/CC1OCC(CO)O1. The Labute approximate surface area is 73.0 Å². The van der Waals surface area contributed by atoms with Crippen molar-refractivity contribution in [1.29, 1.82) is 0 Å². The van der Waals surface area contributed by atoms with Crippen LogP contribution in [0.2, 0.25) is 0 Å². The molecule has 1 aliphatic rings. The minimum absolute atomic E-state index is 0.0496. The van der Waals surface area contributed by atoms with Crippen LogP contribution < -0.4 is 0 Å². The zero-order valence-electron chi connectivity index (χ0n) is 7.40. The molecule has 1 N–H and O–H groups in total. The minimum atomic E-state index is -0.148. The van der Waals surface area contributed by atoms with Crippen molar-refractivity contribution >= 4 is 0 Å². The van der Waals surface area contributed by atoms with Crippen molar-refractivity contribution in [2.45, 2.75) is 32.2 Å². The summed E-state index contributed by atoms with van der Waals surface area (Å²) in [6.07, 6.45) is 5.68. The molecule has 0 bridgehead atoms. The van der Waals surface area contributed by atoms with E-state index in [4.69, 9.17) is 14.6 Å². The molecule has 1 fully saturated rings. The highest BCUT2D eigenvalue weighted by Gasteiger charge is 2.23. The van der Waals surface area contributed by atoms with Crippen LogP contribution in [0.5, 0.6) is 0 Å². The van der Waals surface area contributed by atoms with E-state index in [2.05, 4.69) is 13.0 Å². The van der Waals surface area contributed by atoms with Crippen LogP contribution in [-0.4, -0.2) is 30.7 Å². The molecule has 1 heterocycles. The van der Waals surface area contributed by atoms with E-state index in [1.807, 2.05) is 6.08 Å². The third-order valence-corrected chi connectivity index (χ3v) is 1.75. The summed E-state index contributed by atoms with van der Waals surface area (Å²) in [5.74, 6) is 0. The van der Waals surface area contributed by atoms with Crippen LogP contribution in [0.3, 0.4) is 0 Å². The molecule has 12 heavy (non-hydrogen) atoms. The molecule has 0 amide bonds. The Bertz CT molecular complexity index is 145. The number of allylic oxidation sites excluding steroid dienone is 1. The average Bonchev–Trinajstić information content (AvgIpc) is 2.53. The first kappa shape index (κ1) is 9.71. The van der Waals surface area contributed by atoms with Gasteiger partial charge >= 0.3 is 0 Å². The predicted molar refractivity (Wildman–Crippen MR) is 45.7 cm³/mol. The van der Waals surface area contributed by atoms with Gasteiger partial charge in [-0.25, -0.2) is 0 Å². The summed E-state index contributed by atoms with van der Waals surface area (Å²) >= 11 is 0. The molecule has 0 aromatic heterocycles. The largest absolute Gasteiger partial charge is 0.394 e. The number of aliphatic hydroxyl groups is 1. The molecule has 0 aromatic carbocycles. The van der Waals surface area contributed by atoms with Crippen molar-refractivity contribution in [3.8, 4) is 0 Å². The van der Waals surface area contributed by atoms with E-state index in [0.717, 1.165) is 12.8 Å². The predicted octanol–water partition coefficient (Wildman–Crippen LogP) is 1.08. The first-order valence-corrected chi connectivity index (χ1v) is 4.39. The quantitative estimate of drug-likeness (QED) is 0.645. The molecule has 3 heteroatoms. The highest BCUT2D eigenvalue weighted by molar-refractivity contribution is 4.82. The van der Waals surface area contributed by atoms with E-state index in [9.17, 15) is 0 Å². The van der Waals surface area contributed by atoms with Gasteiger partial charge in [-0.2, -0.15) is 0 Å². The lowest BCUT2D eigenvalue weighted by molar-refractivity contribution is -0.0615. The fourth-order valence-corrected chi connectivity index (χ4v) is 1.10. The molecule has 0 spiro atoms. The van der Waals surface area contributed by atoms with Crippen LogP contribution in [0, 0.1) is 0 Å². The molecule has 0 radical (unpaired) electrons. The summed E-state index contributed by atoms with van der Waals surface area (Å²) in [4.78, 5) is 0. The summed E-state index contributed by atoms with van der Waals surface area (Å²) < 4.78 is 10.6. The fraction of sp³-hybridized carbons (Fsp3) is 0.778. The molecule has 0 aromatic rings. The highest BCUT2D eigenvalue weighted by Crippen LogP contribution is 2.14. The average molecular weight is 172 g/mol. The second-order valence-corrected chi connectivity index (χ2v) is 2.82. The molecular formula is C9H16O3. The van der Waals surface area contributed by atoms with Crippen LogP contribution >= 0.6 is 0 Å². The first-order chi connectivity index (χ1) is 5.86. The molecule has 1 rings (SSSR count). The highest BCUT2D eigenvalue weighted by atomic mass is 16.7. The van der Waals surface area contributed by atoms with Gasteiger partial charge < -0.3 is 14.6 Å². The Kier molecular flexibility index (Phi) is 4.29. The zero-order chi connectivity index (χ0) is 8.81. The second kappa shape index (κ2) is 5.30. The first-order valence-electron chi connectivity index (χ1n) is 4.39. The third kappa shape index (κ3) is 2.93. The van der Waals surface area contributed by atoms with E-state index in [0.29, 0.717) is 6.61 Å². The van der Waals surface area contributed by atoms with E-state index in [1.54, 1.807) is 0 Å². The van der Waals surface area contributed by atoms with Gasteiger partial charge in [0.15, 0.2) is 6.29 Å². The van der Waals surface area contributed by atoms with Crippen molar-refractivity contribution < 1.29 is 14.6 Å². The zero-order valence-corrected chi connectivity index (χ0v) is 7.40. The Balaban J connectivity index is 2.14. The Hall–Kier alpha value is -0.380. The maximum absolute atomic E-state index is 8.73. The maximum Gasteiger partial charge on any atom is 0.161 e. The Morgan fingerprint density at radius 2 is 2.33 bits per heavy atom. The molecule has 2 unspecified atom stereocenters. The van der Waals surface area contributed by atoms with Crippen molar-refractivity contribution in [2.75, 3.05) is 13.2 Å². The summed E-state index contributed by atoms with van der Waals surface area (Å²) in [6, 6.07) is 0. The van der Waals surface area contributed by atoms with Gasteiger partial charge in [0.2, 0.25) is 0 Å². The van der Waals surface area contributed by atoms with E-state index in [-0.39, 0.29) is 19.0 Å². The topological polar surface area (TPSA) is 38.7 Å². The van der Waals surface area contributed by atoms with Gasteiger partial charge in [-0.15, -0.1) is 0 Å². The van der Waals surface area contributed by atoms with Crippen molar-refractivity contribution in [1.82, 2.24) is 0 Å². The van der Waals surface area contributed by atoms with E-state index < -0.39 is 0 Å². The molecule has 0 saturated carbocycles. The van der Waals surface area contributed by atoms with Crippen molar-refractivity contribution in [3.05, 3.63) is 12.2 Å². The minimum Gasteiger partial charge on any atom is -0.394 e. The number of rotatable bonds is 4. The van der Waals surface area contributed by atoms with Crippen LogP contribution in [0.1, 0.15) is 19.8 Å². The van der Waals surface area contributed by atoms with Crippen LogP contribution in [-0.2, 0) is 9.47 Å². The smallest absolute Gasteiger partial charge is 0.161 e. The molecule has 1 saturated heterocycles. The monoisotopic (exact) mass is 172 g/mol. The number of hydrogen-bond acceptors (Lipinski definition) is 3. The van der Waals surface area contributed by atoms with E-state index >= 15 is 0 Å². The van der Waals surface area contributed by atoms with Gasteiger partial charge in [0.1, 0.15) is 6.10 Å². The normalized spacial score (nSPS) is 30.2. The van der Waals surface area contributed by atoms with Crippen LogP contribution in [0.25, 0.3) is 0 Å². The van der Waals surface area contributed by atoms with Crippen LogP contribution in [0.4, 0.5) is 0 Å². The van der Waals surface area contributed by atoms with Gasteiger partial charge in [0, 0.05) is 6.42 Å².